The molecule has 0 fully saturated rings. The van der Waals surface area contributed by atoms with Gasteiger partial charge in [-0.05, 0) is 24.0 Å². The van der Waals surface area contributed by atoms with Gasteiger partial charge in [-0.3, -0.25) is 4.79 Å². The summed E-state index contributed by atoms with van der Waals surface area (Å²) in [6, 6.07) is 1.68. The van der Waals surface area contributed by atoms with Gasteiger partial charge in [-0.2, -0.15) is 13.2 Å². The average molecular weight is 405 g/mol. The van der Waals surface area contributed by atoms with Gasteiger partial charge in [-0.1, -0.05) is 6.92 Å². The Morgan fingerprint density at radius 3 is 2.46 bits per heavy atom. The van der Waals surface area contributed by atoms with Crippen LogP contribution in [0.5, 0.6) is 5.88 Å². The van der Waals surface area contributed by atoms with Crippen molar-refractivity contribution in [2.24, 2.45) is 0 Å². The number of anilines is 1. The van der Waals surface area contributed by atoms with Crippen molar-refractivity contribution in [2.45, 2.75) is 31.5 Å². The molecule has 1 aromatic carbocycles. The van der Waals surface area contributed by atoms with Gasteiger partial charge in [-0.25, -0.2) is 18.7 Å². The Morgan fingerprint density at radius 2 is 1.93 bits per heavy atom. The summed E-state index contributed by atoms with van der Waals surface area (Å²) >= 11 is 0. The van der Waals surface area contributed by atoms with E-state index in [1.165, 1.54) is 20.2 Å². The third kappa shape index (κ3) is 5.12. The van der Waals surface area contributed by atoms with Gasteiger partial charge in [0.25, 0.3) is 5.91 Å². The van der Waals surface area contributed by atoms with Crippen molar-refractivity contribution in [3.63, 3.8) is 0 Å². The number of aromatic nitrogens is 2. The third-order valence-corrected chi connectivity index (χ3v) is 3.87. The Bertz CT molecular complexity index is 843. The fourth-order valence-electron chi connectivity index (χ4n) is 2.37. The Labute approximate surface area is 156 Å². The molecule has 6 nitrogen and oxygen atoms in total. The van der Waals surface area contributed by atoms with E-state index >= 15 is 0 Å². The molecule has 0 unspecified atom stereocenters. The summed E-state index contributed by atoms with van der Waals surface area (Å²) in [7, 11) is 1.35. The lowest BCUT2D eigenvalue weighted by molar-refractivity contribution is -0.206. The van der Waals surface area contributed by atoms with Crippen LogP contribution < -0.4 is 10.1 Å². The molecule has 2 N–H and O–H groups in total. The maximum Gasteiger partial charge on any atom is 0.414 e. The zero-order valence-electron chi connectivity index (χ0n) is 14.7. The van der Waals surface area contributed by atoms with Crippen molar-refractivity contribution in [1.82, 2.24) is 9.97 Å². The number of aliphatic hydroxyl groups is 1. The molecule has 0 aliphatic carbocycles. The van der Waals surface area contributed by atoms with E-state index in [0.29, 0.717) is 6.07 Å². The van der Waals surface area contributed by atoms with Crippen LogP contribution in [0.25, 0.3) is 0 Å². The normalized spacial score (nSPS) is 13.7. The number of ether oxygens (including phenoxy) is 1. The number of carbonyl (C=O) groups is 1. The molecule has 0 bridgehead atoms. The van der Waals surface area contributed by atoms with Gasteiger partial charge >= 0.3 is 6.18 Å². The van der Waals surface area contributed by atoms with Crippen LogP contribution in [0.3, 0.4) is 0 Å². The number of amides is 1. The standard InChI is InChI=1S/C17H16F5N3O3/c1-8(3-13(26)17(20,21)22)10-4-9(5-11(18)15(10)19)25-16(27)12-6-24-14(28-2)7-23-12/h4-8,13,26H,3H2,1-2H3,(H,25,27)/t8-,13-/m1/s1. The van der Waals surface area contributed by atoms with Gasteiger partial charge < -0.3 is 15.2 Å². The summed E-state index contributed by atoms with van der Waals surface area (Å²) in [4.78, 5) is 19.7. The van der Waals surface area contributed by atoms with Gasteiger partial charge in [-0.15, -0.1) is 0 Å². The molecule has 1 aromatic heterocycles. The maximum absolute atomic E-state index is 14.0. The van der Waals surface area contributed by atoms with Crippen LogP contribution >= 0.6 is 0 Å². The molecule has 28 heavy (non-hydrogen) atoms. The van der Waals surface area contributed by atoms with Gasteiger partial charge in [0.2, 0.25) is 5.88 Å². The first-order valence-corrected chi connectivity index (χ1v) is 7.94. The Balaban J connectivity index is 2.23. The van der Waals surface area contributed by atoms with E-state index in [4.69, 9.17) is 9.84 Å². The molecular weight excluding hydrogens is 389 g/mol. The number of rotatable bonds is 6. The highest BCUT2D eigenvalue weighted by molar-refractivity contribution is 6.02. The summed E-state index contributed by atoms with van der Waals surface area (Å²) in [5.41, 5.74) is -0.753. The molecule has 1 heterocycles. The van der Waals surface area contributed by atoms with Crippen LogP contribution in [-0.2, 0) is 0 Å². The van der Waals surface area contributed by atoms with Crippen LogP contribution in [0.4, 0.5) is 27.6 Å². The van der Waals surface area contributed by atoms with Crippen LogP contribution in [0.15, 0.2) is 24.5 Å². The van der Waals surface area contributed by atoms with E-state index in [9.17, 15) is 26.7 Å². The molecule has 2 aromatic rings. The zero-order chi connectivity index (χ0) is 21.1. The predicted molar refractivity (Wildman–Crippen MR) is 88.0 cm³/mol. The lowest BCUT2D eigenvalue weighted by atomic mass is 9.93. The van der Waals surface area contributed by atoms with Crippen molar-refractivity contribution in [1.29, 1.82) is 0 Å². The minimum Gasteiger partial charge on any atom is -0.480 e. The van der Waals surface area contributed by atoms with Crippen LogP contribution in [0.1, 0.15) is 35.3 Å². The largest absolute Gasteiger partial charge is 0.480 e. The molecule has 0 spiro atoms. The topological polar surface area (TPSA) is 84.3 Å². The number of nitrogens with one attached hydrogen (secondary N) is 1. The predicted octanol–water partition coefficient (Wildman–Crippen LogP) is 3.43. The molecular formula is C17H16F5N3O3. The highest BCUT2D eigenvalue weighted by Gasteiger charge is 2.39. The Morgan fingerprint density at radius 1 is 1.25 bits per heavy atom. The average Bonchev–Trinajstić information content (AvgIpc) is 2.63. The Hall–Kier alpha value is -2.82. The quantitative estimate of drug-likeness (QED) is 0.720. The number of alkyl halides is 3. The third-order valence-electron chi connectivity index (χ3n) is 3.87. The number of halogens is 5. The molecule has 2 rings (SSSR count). The minimum absolute atomic E-state index is 0.146. The SMILES string of the molecule is COc1cnc(C(=O)Nc2cc(F)c(F)c([C@H](C)C[C@@H](O)C(F)(F)F)c2)cn1. The van der Waals surface area contributed by atoms with E-state index in [1.807, 2.05) is 0 Å². The second-order valence-electron chi connectivity index (χ2n) is 5.95. The van der Waals surface area contributed by atoms with E-state index in [2.05, 4.69) is 15.3 Å². The molecule has 0 radical (unpaired) electrons. The summed E-state index contributed by atoms with van der Waals surface area (Å²) < 4.78 is 70.2. The minimum atomic E-state index is -4.89. The fraction of sp³-hybridized carbons (Fsp3) is 0.353. The number of nitrogens with zero attached hydrogens (tertiary/aromatic N) is 2. The van der Waals surface area contributed by atoms with Crippen LogP contribution in [0.2, 0.25) is 0 Å². The summed E-state index contributed by atoms with van der Waals surface area (Å²) in [6.07, 6.45) is -6.19. The highest BCUT2D eigenvalue weighted by atomic mass is 19.4. The van der Waals surface area contributed by atoms with Crippen molar-refractivity contribution >= 4 is 11.6 Å². The first-order valence-electron chi connectivity index (χ1n) is 7.94. The molecule has 11 heteroatoms. The summed E-state index contributed by atoms with van der Waals surface area (Å²) in [6.45, 7) is 1.20. The highest BCUT2D eigenvalue weighted by Crippen LogP contribution is 2.32. The second kappa shape index (κ2) is 8.46. The molecule has 2 atom stereocenters. The van der Waals surface area contributed by atoms with Crippen LogP contribution in [0, 0.1) is 11.6 Å². The number of hydrogen-bond donors (Lipinski definition) is 2. The zero-order valence-corrected chi connectivity index (χ0v) is 14.7. The number of methoxy groups -OCH3 is 1. The Kier molecular flexibility index (Phi) is 6.49. The molecule has 152 valence electrons. The van der Waals surface area contributed by atoms with E-state index in [1.54, 1.807) is 0 Å². The molecule has 0 saturated carbocycles. The number of benzene rings is 1. The number of aliphatic hydroxyl groups excluding tert-OH is 1. The van der Waals surface area contributed by atoms with Gasteiger partial charge in [0, 0.05) is 11.8 Å². The van der Waals surface area contributed by atoms with Crippen molar-refractivity contribution in [2.75, 3.05) is 12.4 Å². The van der Waals surface area contributed by atoms with Crippen LogP contribution in [-0.4, -0.2) is 40.4 Å². The molecule has 0 aliphatic rings. The lowest BCUT2D eigenvalue weighted by Crippen LogP contribution is -2.30. The second-order valence-corrected chi connectivity index (χ2v) is 5.95. The van der Waals surface area contributed by atoms with Gasteiger partial charge in [0.1, 0.15) is 11.8 Å². The summed E-state index contributed by atoms with van der Waals surface area (Å²) in [5.74, 6) is -4.53. The smallest absolute Gasteiger partial charge is 0.414 e. The van der Waals surface area contributed by atoms with E-state index in [-0.39, 0.29) is 17.3 Å². The number of carbonyl (C=O) groups excluding carboxylic acids is 1. The van der Waals surface area contributed by atoms with E-state index in [0.717, 1.165) is 12.3 Å². The van der Waals surface area contributed by atoms with Crippen molar-refractivity contribution in [3.8, 4) is 5.88 Å². The fourth-order valence-corrected chi connectivity index (χ4v) is 2.37. The molecule has 0 aliphatic heterocycles. The maximum atomic E-state index is 14.0. The van der Waals surface area contributed by atoms with Crippen molar-refractivity contribution in [3.05, 3.63) is 47.4 Å². The van der Waals surface area contributed by atoms with Crippen molar-refractivity contribution < 1.29 is 36.6 Å². The van der Waals surface area contributed by atoms with Gasteiger partial charge in [0.05, 0.1) is 19.5 Å². The molecule has 1 amide bonds. The number of hydrogen-bond acceptors (Lipinski definition) is 5. The first kappa shape index (κ1) is 21.5. The lowest BCUT2D eigenvalue weighted by Gasteiger charge is -2.20. The monoisotopic (exact) mass is 405 g/mol. The first-order chi connectivity index (χ1) is 13.0. The van der Waals surface area contributed by atoms with Gasteiger partial charge in [0.15, 0.2) is 11.6 Å². The summed E-state index contributed by atoms with van der Waals surface area (Å²) in [5, 5.41) is 11.4. The van der Waals surface area contributed by atoms with E-state index < -0.39 is 47.7 Å². The molecule has 0 saturated heterocycles.